The first-order chi connectivity index (χ1) is 5.27. The average molecular weight is 152 g/mol. The molecule has 2 aliphatic heterocycles. The van der Waals surface area contributed by atoms with Crippen molar-refractivity contribution in [1.29, 1.82) is 0 Å². The molecule has 0 aliphatic carbocycles. The molecule has 0 bridgehead atoms. The predicted octanol–water partition coefficient (Wildman–Crippen LogP) is -0.0482. The van der Waals surface area contributed by atoms with Gasteiger partial charge >= 0.3 is 0 Å². The van der Waals surface area contributed by atoms with Gasteiger partial charge in [0, 0.05) is 32.5 Å². The second-order valence-electron chi connectivity index (χ2n) is 3.22. The molecule has 1 saturated heterocycles. The number of amides is 1. The Morgan fingerprint density at radius 1 is 1.82 bits per heavy atom. The first-order valence-electron chi connectivity index (χ1n) is 3.95. The summed E-state index contributed by atoms with van der Waals surface area (Å²) in [5.41, 5.74) is 1.39. The zero-order chi connectivity index (χ0) is 7.84. The monoisotopic (exact) mass is 152 g/mol. The standard InChI is InChI=1S/C8H12N2O/c1-6(11)10-4-7-2-9-3-8(7)5-10/h2,8-9H,3-5H2,1H3. The molecule has 0 saturated carbocycles. The van der Waals surface area contributed by atoms with Gasteiger partial charge in [-0.3, -0.25) is 4.79 Å². The second-order valence-corrected chi connectivity index (χ2v) is 3.22. The van der Waals surface area contributed by atoms with E-state index in [1.807, 2.05) is 11.1 Å². The number of hydrogen-bond acceptors (Lipinski definition) is 2. The molecular weight excluding hydrogens is 140 g/mol. The van der Waals surface area contributed by atoms with Crippen LogP contribution < -0.4 is 5.32 Å². The van der Waals surface area contributed by atoms with E-state index in [-0.39, 0.29) is 5.91 Å². The number of fused-ring (bicyclic) bond motifs is 1. The zero-order valence-corrected chi connectivity index (χ0v) is 6.63. The maximum atomic E-state index is 11.0. The lowest BCUT2D eigenvalue weighted by molar-refractivity contribution is -0.127. The van der Waals surface area contributed by atoms with Crippen LogP contribution in [0.3, 0.4) is 0 Å². The van der Waals surface area contributed by atoms with E-state index < -0.39 is 0 Å². The summed E-state index contributed by atoms with van der Waals surface area (Å²) >= 11 is 0. The number of carbonyl (C=O) groups excluding carboxylic acids is 1. The molecule has 1 unspecified atom stereocenters. The molecule has 2 aliphatic rings. The third kappa shape index (κ3) is 1.00. The fourth-order valence-corrected chi connectivity index (χ4v) is 1.73. The van der Waals surface area contributed by atoms with Gasteiger partial charge < -0.3 is 10.2 Å². The smallest absolute Gasteiger partial charge is 0.219 e. The van der Waals surface area contributed by atoms with Crippen molar-refractivity contribution in [3.8, 4) is 0 Å². The van der Waals surface area contributed by atoms with Gasteiger partial charge in [-0.2, -0.15) is 0 Å². The molecule has 0 spiro atoms. The van der Waals surface area contributed by atoms with Crippen LogP contribution in [-0.2, 0) is 4.79 Å². The van der Waals surface area contributed by atoms with Crippen LogP contribution in [0.1, 0.15) is 6.92 Å². The highest BCUT2D eigenvalue weighted by Gasteiger charge is 2.30. The summed E-state index contributed by atoms with van der Waals surface area (Å²) in [5.74, 6) is 0.791. The quantitative estimate of drug-likeness (QED) is 0.528. The second kappa shape index (κ2) is 2.26. The van der Waals surface area contributed by atoms with Gasteiger partial charge in [0.2, 0.25) is 5.91 Å². The molecular formula is C8H12N2O. The first-order valence-corrected chi connectivity index (χ1v) is 3.95. The third-order valence-electron chi connectivity index (χ3n) is 2.44. The Morgan fingerprint density at radius 3 is 3.27 bits per heavy atom. The highest BCUT2D eigenvalue weighted by atomic mass is 16.2. The molecule has 3 heteroatoms. The SMILES string of the molecule is CC(=O)N1CC2=CNCC2C1. The van der Waals surface area contributed by atoms with E-state index in [0.717, 1.165) is 19.6 Å². The van der Waals surface area contributed by atoms with E-state index in [1.54, 1.807) is 6.92 Å². The Labute approximate surface area is 66.1 Å². The Balaban J connectivity index is 2.09. The van der Waals surface area contributed by atoms with Crippen LogP contribution in [0.15, 0.2) is 11.8 Å². The fraction of sp³-hybridized carbons (Fsp3) is 0.625. The minimum absolute atomic E-state index is 0.195. The lowest BCUT2D eigenvalue weighted by Crippen LogP contribution is -2.27. The van der Waals surface area contributed by atoms with Crippen molar-refractivity contribution >= 4 is 5.91 Å². The molecule has 0 aromatic heterocycles. The van der Waals surface area contributed by atoms with Crippen molar-refractivity contribution in [3.63, 3.8) is 0 Å². The van der Waals surface area contributed by atoms with E-state index in [9.17, 15) is 4.79 Å². The molecule has 1 N–H and O–H groups in total. The van der Waals surface area contributed by atoms with Crippen LogP contribution in [0.25, 0.3) is 0 Å². The Hall–Kier alpha value is -0.990. The summed E-state index contributed by atoms with van der Waals surface area (Å²) in [4.78, 5) is 12.9. The largest absolute Gasteiger partial charge is 0.390 e. The number of hydrogen-bond donors (Lipinski definition) is 1. The van der Waals surface area contributed by atoms with E-state index in [1.165, 1.54) is 5.57 Å². The van der Waals surface area contributed by atoms with Crippen molar-refractivity contribution in [2.45, 2.75) is 6.92 Å². The highest BCUT2D eigenvalue weighted by Crippen LogP contribution is 2.24. The molecule has 3 nitrogen and oxygen atoms in total. The van der Waals surface area contributed by atoms with Crippen LogP contribution in [0.5, 0.6) is 0 Å². The maximum absolute atomic E-state index is 11.0. The lowest BCUT2D eigenvalue weighted by atomic mass is 10.1. The molecule has 0 aromatic carbocycles. The van der Waals surface area contributed by atoms with Crippen molar-refractivity contribution in [3.05, 3.63) is 11.8 Å². The molecule has 2 rings (SSSR count). The van der Waals surface area contributed by atoms with Gasteiger partial charge in [-0.05, 0) is 11.8 Å². The maximum Gasteiger partial charge on any atom is 0.219 e. The Bertz CT molecular complexity index is 222. The molecule has 60 valence electrons. The van der Waals surface area contributed by atoms with Gasteiger partial charge in [0.15, 0.2) is 0 Å². The number of nitrogens with one attached hydrogen (secondary N) is 1. The van der Waals surface area contributed by atoms with Gasteiger partial charge in [0.05, 0.1) is 0 Å². The molecule has 2 heterocycles. The van der Waals surface area contributed by atoms with E-state index in [0.29, 0.717) is 5.92 Å². The topological polar surface area (TPSA) is 32.3 Å². The van der Waals surface area contributed by atoms with Crippen LogP contribution >= 0.6 is 0 Å². The summed E-state index contributed by atoms with van der Waals surface area (Å²) in [7, 11) is 0. The number of likely N-dealkylation sites (tertiary alicyclic amines) is 1. The summed E-state index contributed by atoms with van der Waals surface area (Å²) < 4.78 is 0. The van der Waals surface area contributed by atoms with Crippen LogP contribution in [-0.4, -0.2) is 30.4 Å². The summed E-state index contributed by atoms with van der Waals surface area (Å²) in [5, 5.41) is 3.18. The van der Waals surface area contributed by atoms with Gasteiger partial charge in [0.25, 0.3) is 0 Å². The predicted molar refractivity (Wildman–Crippen MR) is 41.8 cm³/mol. The van der Waals surface area contributed by atoms with Crippen LogP contribution in [0.2, 0.25) is 0 Å². The van der Waals surface area contributed by atoms with Gasteiger partial charge in [-0.1, -0.05) is 0 Å². The lowest BCUT2D eigenvalue weighted by Gasteiger charge is -2.12. The number of rotatable bonds is 0. The van der Waals surface area contributed by atoms with Gasteiger partial charge in [-0.15, -0.1) is 0 Å². The average Bonchev–Trinajstić information content (AvgIpc) is 2.40. The van der Waals surface area contributed by atoms with Gasteiger partial charge in [0.1, 0.15) is 0 Å². The molecule has 1 atom stereocenters. The number of carbonyl (C=O) groups is 1. The normalized spacial score (nSPS) is 27.9. The third-order valence-corrected chi connectivity index (χ3v) is 2.44. The summed E-state index contributed by atoms with van der Waals surface area (Å²) in [6, 6.07) is 0. The summed E-state index contributed by atoms with van der Waals surface area (Å²) in [6.45, 7) is 4.40. The number of nitrogens with zero attached hydrogens (tertiary/aromatic N) is 1. The van der Waals surface area contributed by atoms with Crippen LogP contribution in [0.4, 0.5) is 0 Å². The van der Waals surface area contributed by atoms with Crippen molar-refractivity contribution < 1.29 is 4.79 Å². The van der Waals surface area contributed by atoms with Crippen LogP contribution in [0, 0.1) is 5.92 Å². The minimum Gasteiger partial charge on any atom is -0.390 e. The molecule has 1 fully saturated rings. The summed E-state index contributed by atoms with van der Waals surface area (Å²) in [6.07, 6.45) is 2.05. The van der Waals surface area contributed by atoms with E-state index in [2.05, 4.69) is 5.32 Å². The highest BCUT2D eigenvalue weighted by molar-refractivity contribution is 5.74. The van der Waals surface area contributed by atoms with Crippen molar-refractivity contribution in [2.75, 3.05) is 19.6 Å². The van der Waals surface area contributed by atoms with E-state index >= 15 is 0 Å². The van der Waals surface area contributed by atoms with Crippen molar-refractivity contribution in [1.82, 2.24) is 10.2 Å². The minimum atomic E-state index is 0.195. The molecule has 0 aromatic rings. The zero-order valence-electron chi connectivity index (χ0n) is 6.63. The first kappa shape index (κ1) is 6.70. The molecule has 11 heavy (non-hydrogen) atoms. The molecule has 1 amide bonds. The Morgan fingerprint density at radius 2 is 2.64 bits per heavy atom. The Kier molecular flexibility index (Phi) is 1.37. The van der Waals surface area contributed by atoms with E-state index in [4.69, 9.17) is 0 Å². The fourth-order valence-electron chi connectivity index (χ4n) is 1.73. The van der Waals surface area contributed by atoms with Gasteiger partial charge in [-0.25, -0.2) is 0 Å². The van der Waals surface area contributed by atoms with Crippen molar-refractivity contribution in [2.24, 2.45) is 5.92 Å². The molecule has 0 radical (unpaired) electrons.